The van der Waals surface area contributed by atoms with Gasteiger partial charge >= 0.3 is 0 Å². The van der Waals surface area contributed by atoms with E-state index in [2.05, 4.69) is 5.10 Å². The summed E-state index contributed by atoms with van der Waals surface area (Å²) in [4.78, 5) is 0. The third kappa shape index (κ3) is 1.89. The predicted octanol–water partition coefficient (Wildman–Crippen LogP) is 0.717. The van der Waals surface area contributed by atoms with Gasteiger partial charge in [0.1, 0.15) is 6.10 Å². The Kier molecular flexibility index (Phi) is 3.06. The summed E-state index contributed by atoms with van der Waals surface area (Å²) in [6.45, 7) is 4.14. The van der Waals surface area contributed by atoms with Crippen LogP contribution in [0.4, 0.5) is 0 Å². The van der Waals surface area contributed by atoms with Crippen LogP contribution in [0.3, 0.4) is 0 Å². The smallest absolute Gasteiger partial charge is 0.106 e. The molecular formula is C9H16N2O2. The zero-order valence-corrected chi connectivity index (χ0v) is 8.53. The van der Waals surface area contributed by atoms with E-state index in [0.29, 0.717) is 6.61 Å². The van der Waals surface area contributed by atoms with Crippen LogP contribution in [-0.2, 0) is 11.8 Å². The average Bonchev–Trinajstić information content (AvgIpc) is 2.27. The SMILES string of the molecule is COCC(O)c1c(C)nn(C)c1C. The van der Waals surface area contributed by atoms with Gasteiger partial charge in [-0.1, -0.05) is 0 Å². The van der Waals surface area contributed by atoms with Crippen molar-refractivity contribution in [3.8, 4) is 0 Å². The Hall–Kier alpha value is -0.870. The lowest BCUT2D eigenvalue weighted by molar-refractivity contribution is 0.0636. The first-order valence-electron chi connectivity index (χ1n) is 4.25. The van der Waals surface area contributed by atoms with Crippen LogP contribution in [0.5, 0.6) is 0 Å². The van der Waals surface area contributed by atoms with Gasteiger partial charge in [-0.25, -0.2) is 0 Å². The first-order chi connectivity index (χ1) is 6.07. The summed E-state index contributed by atoms with van der Waals surface area (Å²) >= 11 is 0. The molecule has 0 aliphatic rings. The topological polar surface area (TPSA) is 47.3 Å². The number of methoxy groups -OCH3 is 1. The van der Waals surface area contributed by atoms with Crippen molar-refractivity contribution in [2.24, 2.45) is 7.05 Å². The van der Waals surface area contributed by atoms with Crippen molar-refractivity contribution in [1.82, 2.24) is 9.78 Å². The molecule has 0 bridgehead atoms. The fourth-order valence-electron chi connectivity index (χ4n) is 1.51. The van der Waals surface area contributed by atoms with Crippen molar-refractivity contribution in [1.29, 1.82) is 0 Å². The van der Waals surface area contributed by atoms with Gasteiger partial charge in [-0.15, -0.1) is 0 Å². The Morgan fingerprint density at radius 3 is 2.54 bits per heavy atom. The van der Waals surface area contributed by atoms with E-state index >= 15 is 0 Å². The molecule has 0 aliphatic heterocycles. The minimum Gasteiger partial charge on any atom is -0.386 e. The van der Waals surface area contributed by atoms with Crippen molar-refractivity contribution >= 4 is 0 Å². The van der Waals surface area contributed by atoms with Gasteiger partial charge in [0, 0.05) is 25.4 Å². The normalized spacial score (nSPS) is 13.3. The highest BCUT2D eigenvalue weighted by molar-refractivity contribution is 5.26. The molecule has 74 valence electrons. The molecule has 1 aromatic heterocycles. The molecule has 1 aromatic rings. The molecule has 0 radical (unpaired) electrons. The third-order valence-corrected chi connectivity index (χ3v) is 2.22. The van der Waals surface area contributed by atoms with Gasteiger partial charge in [-0.05, 0) is 13.8 Å². The maximum atomic E-state index is 9.72. The zero-order valence-electron chi connectivity index (χ0n) is 8.53. The maximum Gasteiger partial charge on any atom is 0.106 e. The second kappa shape index (κ2) is 3.89. The van der Waals surface area contributed by atoms with Crippen molar-refractivity contribution < 1.29 is 9.84 Å². The van der Waals surface area contributed by atoms with Crippen molar-refractivity contribution in [2.75, 3.05) is 13.7 Å². The molecule has 1 N–H and O–H groups in total. The minimum absolute atomic E-state index is 0.313. The first kappa shape index (κ1) is 10.2. The predicted molar refractivity (Wildman–Crippen MR) is 49.5 cm³/mol. The van der Waals surface area contributed by atoms with E-state index in [1.54, 1.807) is 11.8 Å². The van der Waals surface area contributed by atoms with Crippen LogP contribution in [-0.4, -0.2) is 28.6 Å². The Balaban J connectivity index is 2.98. The minimum atomic E-state index is -0.571. The summed E-state index contributed by atoms with van der Waals surface area (Å²) in [5, 5.41) is 13.9. The molecule has 1 unspecified atom stereocenters. The lowest BCUT2D eigenvalue weighted by atomic mass is 10.1. The lowest BCUT2D eigenvalue weighted by Crippen LogP contribution is -2.07. The third-order valence-electron chi connectivity index (χ3n) is 2.22. The molecule has 1 atom stereocenters. The molecular weight excluding hydrogens is 168 g/mol. The second-order valence-corrected chi connectivity index (χ2v) is 3.18. The molecule has 0 aromatic carbocycles. The largest absolute Gasteiger partial charge is 0.386 e. The summed E-state index contributed by atoms with van der Waals surface area (Å²) in [5.74, 6) is 0. The number of aromatic nitrogens is 2. The quantitative estimate of drug-likeness (QED) is 0.752. The van der Waals surface area contributed by atoms with Crippen LogP contribution < -0.4 is 0 Å². The standard InChI is InChI=1S/C9H16N2O2/c1-6-9(8(12)5-13-4)7(2)11(3)10-6/h8,12H,5H2,1-4H3. The average molecular weight is 184 g/mol. The Bertz CT molecular complexity index is 294. The first-order valence-corrected chi connectivity index (χ1v) is 4.25. The van der Waals surface area contributed by atoms with Crippen LogP contribution in [0.1, 0.15) is 23.1 Å². The molecule has 0 amide bonds. The number of hydrogen-bond acceptors (Lipinski definition) is 3. The van der Waals surface area contributed by atoms with E-state index in [4.69, 9.17) is 4.74 Å². The van der Waals surface area contributed by atoms with Gasteiger partial charge in [0.05, 0.1) is 12.3 Å². The Labute approximate surface area is 78.1 Å². The number of aliphatic hydroxyl groups excluding tert-OH is 1. The van der Waals surface area contributed by atoms with E-state index in [9.17, 15) is 5.11 Å². The van der Waals surface area contributed by atoms with E-state index in [-0.39, 0.29) is 0 Å². The van der Waals surface area contributed by atoms with E-state index < -0.39 is 6.10 Å². The maximum absolute atomic E-state index is 9.72. The molecule has 1 rings (SSSR count). The molecule has 0 aliphatic carbocycles. The number of rotatable bonds is 3. The number of aliphatic hydroxyl groups is 1. The fourth-order valence-corrected chi connectivity index (χ4v) is 1.51. The number of aryl methyl sites for hydroxylation is 2. The highest BCUT2D eigenvalue weighted by Gasteiger charge is 2.17. The molecule has 0 saturated heterocycles. The Morgan fingerprint density at radius 1 is 1.54 bits per heavy atom. The van der Waals surface area contributed by atoms with Crippen LogP contribution in [0, 0.1) is 13.8 Å². The summed E-state index contributed by atoms with van der Waals surface area (Å²) in [5.41, 5.74) is 2.73. The molecule has 1 heterocycles. The van der Waals surface area contributed by atoms with Gasteiger partial charge in [-0.2, -0.15) is 5.10 Å². The lowest BCUT2D eigenvalue weighted by Gasteiger charge is -2.09. The zero-order chi connectivity index (χ0) is 10.0. The summed E-state index contributed by atoms with van der Waals surface area (Å²) in [7, 11) is 3.44. The van der Waals surface area contributed by atoms with Crippen LogP contribution in [0.2, 0.25) is 0 Å². The number of hydrogen-bond donors (Lipinski definition) is 1. The molecule has 0 fully saturated rings. The molecule has 4 heteroatoms. The summed E-state index contributed by atoms with van der Waals surface area (Å²) < 4.78 is 6.66. The Morgan fingerprint density at radius 2 is 2.15 bits per heavy atom. The van der Waals surface area contributed by atoms with E-state index in [0.717, 1.165) is 17.0 Å². The van der Waals surface area contributed by atoms with Crippen LogP contribution in [0.25, 0.3) is 0 Å². The monoisotopic (exact) mass is 184 g/mol. The summed E-state index contributed by atoms with van der Waals surface area (Å²) in [6.07, 6.45) is -0.571. The highest BCUT2D eigenvalue weighted by Crippen LogP contribution is 2.20. The fraction of sp³-hybridized carbons (Fsp3) is 0.667. The van der Waals surface area contributed by atoms with E-state index in [1.165, 1.54) is 0 Å². The van der Waals surface area contributed by atoms with Crippen molar-refractivity contribution in [3.05, 3.63) is 17.0 Å². The molecule has 0 spiro atoms. The second-order valence-electron chi connectivity index (χ2n) is 3.18. The highest BCUT2D eigenvalue weighted by atomic mass is 16.5. The number of ether oxygens (including phenoxy) is 1. The molecule has 0 saturated carbocycles. The molecule has 13 heavy (non-hydrogen) atoms. The van der Waals surface area contributed by atoms with Gasteiger partial charge in [0.25, 0.3) is 0 Å². The van der Waals surface area contributed by atoms with Crippen LogP contribution >= 0.6 is 0 Å². The van der Waals surface area contributed by atoms with Crippen molar-refractivity contribution in [2.45, 2.75) is 20.0 Å². The van der Waals surface area contributed by atoms with E-state index in [1.807, 2.05) is 20.9 Å². The van der Waals surface area contributed by atoms with Gasteiger partial charge < -0.3 is 9.84 Å². The number of nitrogens with zero attached hydrogens (tertiary/aromatic N) is 2. The van der Waals surface area contributed by atoms with Crippen LogP contribution in [0.15, 0.2) is 0 Å². The summed E-state index contributed by atoms with van der Waals surface area (Å²) in [6, 6.07) is 0. The van der Waals surface area contributed by atoms with Gasteiger partial charge in [0.2, 0.25) is 0 Å². The van der Waals surface area contributed by atoms with Gasteiger partial charge in [-0.3, -0.25) is 4.68 Å². The van der Waals surface area contributed by atoms with Gasteiger partial charge in [0.15, 0.2) is 0 Å². The van der Waals surface area contributed by atoms with Crippen molar-refractivity contribution in [3.63, 3.8) is 0 Å². The molecule has 4 nitrogen and oxygen atoms in total.